The van der Waals surface area contributed by atoms with Gasteiger partial charge in [0.15, 0.2) is 23.3 Å². The Kier molecular flexibility index (Phi) is 5.35. The van der Waals surface area contributed by atoms with Crippen LogP contribution in [0.2, 0.25) is 0 Å². The summed E-state index contributed by atoms with van der Waals surface area (Å²) < 4.78 is 63.4. The topological polar surface area (TPSA) is 13.1 Å². The molecule has 0 bridgehead atoms. The first-order valence-corrected chi connectivity index (χ1v) is 8.80. The van der Waals surface area contributed by atoms with Gasteiger partial charge in [0.05, 0.1) is 10.8 Å². The van der Waals surface area contributed by atoms with Crippen molar-refractivity contribution in [1.29, 1.82) is 0 Å². The van der Waals surface area contributed by atoms with Gasteiger partial charge in [0.25, 0.3) is 0 Å². The molecule has 2 aromatic carbocycles. The highest BCUT2D eigenvalue weighted by atomic mass is 19.2. The van der Waals surface area contributed by atoms with Crippen molar-refractivity contribution in [2.45, 2.75) is 45.4 Å². The lowest BCUT2D eigenvalue weighted by atomic mass is 10.0. The largest absolute Gasteiger partial charge is 0.456 e. The molecule has 0 aliphatic rings. The fraction of sp³-hybridized carbons (Fsp3) is 0.333. The Balaban J connectivity index is 2.20. The summed E-state index contributed by atoms with van der Waals surface area (Å²) in [5.74, 6) is -4.48. The molecule has 0 saturated heterocycles. The first-order chi connectivity index (χ1) is 12.5. The third-order valence-corrected chi connectivity index (χ3v) is 4.63. The standard InChI is InChI=1S/C21H20F4O/c1-3-5-7-9-13-11-15-17(21(25)19(13)23)16-14(26-15)10-12(8-6-4-2)18(22)20(16)24/h4,10-11H,2-3,5-9H2,1H3. The molecule has 138 valence electrons. The normalized spacial score (nSPS) is 11.6. The molecule has 0 N–H and O–H groups in total. The monoisotopic (exact) mass is 364 g/mol. The Hall–Kier alpha value is -2.30. The average molecular weight is 364 g/mol. The second-order valence-electron chi connectivity index (χ2n) is 6.46. The van der Waals surface area contributed by atoms with E-state index in [1.54, 1.807) is 6.08 Å². The minimum Gasteiger partial charge on any atom is -0.456 e. The van der Waals surface area contributed by atoms with Crippen LogP contribution in [0.5, 0.6) is 0 Å². The van der Waals surface area contributed by atoms with Crippen molar-refractivity contribution in [3.05, 3.63) is 59.2 Å². The van der Waals surface area contributed by atoms with E-state index >= 15 is 0 Å². The van der Waals surface area contributed by atoms with E-state index in [0.717, 1.165) is 12.8 Å². The molecule has 1 heterocycles. The Labute approximate surface area is 149 Å². The lowest BCUT2D eigenvalue weighted by molar-refractivity contribution is 0.501. The summed E-state index contributed by atoms with van der Waals surface area (Å²) in [4.78, 5) is 0. The van der Waals surface area contributed by atoms with Crippen LogP contribution in [0.15, 0.2) is 29.2 Å². The van der Waals surface area contributed by atoms with Crippen molar-refractivity contribution in [3.8, 4) is 0 Å². The number of furan rings is 1. The summed E-state index contributed by atoms with van der Waals surface area (Å²) in [5.41, 5.74) is 0.361. The van der Waals surface area contributed by atoms with Gasteiger partial charge in [0.2, 0.25) is 0 Å². The Bertz CT molecular complexity index is 972. The molecule has 0 unspecified atom stereocenters. The summed E-state index contributed by atoms with van der Waals surface area (Å²) in [5, 5.41) is -0.695. The summed E-state index contributed by atoms with van der Waals surface area (Å²) in [6.45, 7) is 5.57. The van der Waals surface area contributed by atoms with Crippen molar-refractivity contribution in [2.75, 3.05) is 0 Å². The number of halogens is 4. The van der Waals surface area contributed by atoms with Crippen molar-refractivity contribution >= 4 is 21.9 Å². The van der Waals surface area contributed by atoms with Crippen LogP contribution in [0.1, 0.15) is 43.7 Å². The fourth-order valence-corrected chi connectivity index (χ4v) is 3.24. The van der Waals surface area contributed by atoms with Crippen LogP contribution in [-0.4, -0.2) is 0 Å². The molecule has 0 atom stereocenters. The van der Waals surface area contributed by atoms with Gasteiger partial charge < -0.3 is 4.42 Å². The second kappa shape index (κ2) is 7.52. The van der Waals surface area contributed by atoms with Crippen LogP contribution in [0.4, 0.5) is 17.6 Å². The van der Waals surface area contributed by atoms with Gasteiger partial charge in [-0.05, 0) is 48.9 Å². The summed E-state index contributed by atoms with van der Waals surface area (Å²) in [6, 6.07) is 2.75. The second-order valence-corrected chi connectivity index (χ2v) is 6.46. The molecule has 1 aromatic heterocycles. The van der Waals surface area contributed by atoms with Crippen LogP contribution >= 0.6 is 0 Å². The number of aryl methyl sites for hydroxylation is 2. The molecule has 3 rings (SSSR count). The Morgan fingerprint density at radius 2 is 1.38 bits per heavy atom. The predicted molar refractivity (Wildman–Crippen MR) is 95.3 cm³/mol. The molecule has 0 amide bonds. The molecule has 1 nitrogen and oxygen atoms in total. The number of benzene rings is 2. The van der Waals surface area contributed by atoms with E-state index in [4.69, 9.17) is 4.42 Å². The number of rotatable bonds is 7. The molecule has 0 radical (unpaired) electrons. The molecule has 5 heteroatoms. The van der Waals surface area contributed by atoms with E-state index in [0.29, 0.717) is 19.3 Å². The van der Waals surface area contributed by atoms with E-state index in [1.807, 2.05) is 6.92 Å². The Morgan fingerprint density at radius 3 is 1.88 bits per heavy atom. The quantitative estimate of drug-likeness (QED) is 0.250. The van der Waals surface area contributed by atoms with Gasteiger partial charge in [0, 0.05) is 0 Å². The summed E-state index contributed by atoms with van der Waals surface area (Å²) in [7, 11) is 0. The van der Waals surface area contributed by atoms with Crippen molar-refractivity contribution in [2.24, 2.45) is 0 Å². The van der Waals surface area contributed by atoms with E-state index in [-0.39, 0.29) is 39.5 Å². The maximum absolute atomic E-state index is 14.6. The van der Waals surface area contributed by atoms with E-state index < -0.39 is 23.3 Å². The van der Waals surface area contributed by atoms with Gasteiger partial charge in [0.1, 0.15) is 11.2 Å². The third kappa shape index (κ3) is 3.11. The molecule has 0 fully saturated rings. The molecule has 0 saturated carbocycles. The molecular weight excluding hydrogens is 344 g/mol. The van der Waals surface area contributed by atoms with Gasteiger partial charge in [-0.3, -0.25) is 0 Å². The lowest BCUT2D eigenvalue weighted by Gasteiger charge is -2.05. The molecule has 0 aliphatic carbocycles. The zero-order valence-electron chi connectivity index (χ0n) is 14.6. The zero-order chi connectivity index (χ0) is 18.8. The van der Waals surface area contributed by atoms with Gasteiger partial charge in [-0.1, -0.05) is 25.8 Å². The van der Waals surface area contributed by atoms with E-state index in [1.165, 1.54) is 12.1 Å². The van der Waals surface area contributed by atoms with Crippen LogP contribution in [0.25, 0.3) is 21.9 Å². The molecule has 3 aromatic rings. The SMILES string of the molecule is C=CCCc1cc2oc3cc(CCCCC)c(F)c(F)c3c2c(F)c1F. The number of hydrogen-bond acceptors (Lipinski definition) is 1. The van der Waals surface area contributed by atoms with Gasteiger partial charge in [-0.15, -0.1) is 6.58 Å². The average Bonchev–Trinajstić information content (AvgIpc) is 2.99. The van der Waals surface area contributed by atoms with Crippen molar-refractivity contribution < 1.29 is 22.0 Å². The van der Waals surface area contributed by atoms with E-state index in [2.05, 4.69) is 6.58 Å². The van der Waals surface area contributed by atoms with Crippen LogP contribution in [0, 0.1) is 23.3 Å². The fourth-order valence-electron chi connectivity index (χ4n) is 3.24. The maximum Gasteiger partial charge on any atom is 0.170 e. The smallest absolute Gasteiger partial charge is 0.170 e. The van der Waals surface area contributed by atoms with Gasteiger partial charge in [-0.2, -0.15) is 0 Å². The number of fused-ring (bicyclic) bond motifs is 3. The lowest BCUT2D eigenvalue weighted by Crippen LogP contribution is -1.97. The first kappa shape index (κ1) is 18.5. The van der Waals surface area contributed by atoms with Crippen LogP contribution < -0.4 is 0 Å². The minimum atomic E-state index is -1.21. The maximum atomic E-state index is 14.6. The van der Waals surface area contributed by atoms with Crippen LogP contribution in [-0.2, 0) is 12.8 Å². The highest BCUT2D eigenvalue weighted by molar-refractivity contribution is 6.06. The third-order valence-electron chi connectivity index (χ3n) is 4.63. The first-order valence-electron chi connectivity index (χ1n) is 8.80. The Morgan fingerprint density at radius 1 is 0.846 bits per heavy atom. The molecule has 0 aliphatic heterocycles. The van der Waals surface area contributed by atoms with Gasteiger partial charge >= 0.3 is 0 Å². The van der Waals surface area contributed by atoms with Crippen LogP contribution in [0.3, 0.4) is 0 Å². The molecular formula is C21H20F4O. The zero-order valence-corrected chi connectivity index (χ0v) is 14.6. The highest BCUT2D eigenvalue weighted by Crippen LogP contribution is 2.37. The number of allylic oxidation sites excluding steroid dienone is 1. The van der Waals surface area contributed by atoms with Gasteiger partial charge in [-0.25, -0.2) is 17.6 Å². The number of unbranched alkanes of at least 4 members (excludes halogenated alkanes) is 2. The van der Waals surface area contributed by atoms with Crippen molar-refractivity contribution in [3.63, 3.8) is 0 Å². The summed E-state index contributed by atoms with van der Waals surface area (Å²) >= 11 is 0. The molecule has 26 heavy (non-hydrogen) atoms. The summed E-state index contributed by atoms with van der Waals surface area (Å²) in [6.07, 6.45) is 5.24. The highest BCUT2D eigenvalue weighted by Gasteiger charge is 2.24. The van der Waals surface area contributed by atoms with Crippen molar-refractivity contribution in [1.82, 2.24) is 0 Å². The molecule has 0 spiro atoms. The number of hydrogen-bond donors (Lipinski definition) is 0. The minimum absolute atomic E-state index is 0.0157. The predicted octanol–water partition coefficient (Wildman–Crippen LogP) is 6.99. The van der Waals surface area contributed by atoms with E-state index in [9.17, 15) is 17.6 Å².